The molecule has 34 heavy (non-hydrogen) atoms. The van der Waals surface area contributed by atoms with Crippen LogP contribution >= 0.6 is 0 Å². The van der Waals surface area contributed by atoms with Gasteiger partial charge in [-0.3, -0.25) is 14.7 Å². The lowest BCUT2D eigenvalue weighted by atomic mass is 10.0. The van der Waals surface area contributed by atoms with E-state index in [-0.39, 0.29) is 16.8 Å². The molecule has 1 aliphatic heterocycles. The highest BCUT2D eigenvalue weighted by Crippen LogP contribution is 2.27. The van der Waals surface area contributed by atoms with Crippen LogP contribution in [0.25, 0.3) is 10.9 Å². The number of hydrogen-bond donors (Lipinski definition) is 1. The number of carbonyl (C=O) groups is 1. The zero-order valence-electron chi connectivity index (χ0n) is 20.2. The van der Waals surface area contributed by atoms with E-state index in [0.717, 1.165) is 22.2 Å². The van der Waals surface area contributed by atoms with Crippen LogP contribution < -0.4 is 5.32 Å². The molecule has 2 heterocycles. The minimum Gasteiger partial charge on any atom is -0.324 e. The second kappa shape index (κ2) is 9.82. The van der Waals surface area contributed by atoms with Crippen LogP contribution in [0, 0.1) is 6.92 Å². The average molecular weight is 481 g/mol. The van der Waals surface area contributed by atoms with Crippen LogP contribution in [0.5, 0.6) is 0 Å². The normalized spacial score (nSPS) is 16.6. The third-order valence-electron chi connectivity index (χ3n) is 6.47. The fraction of sp³-hybridized carbons (Fsp3) is 0.385. The monoisotopic (exact) mass is 480 g/mol. The summed E-state index contributed by atoms with van der Waals surface area (Å²) < 4.78 is 28.4. The first-order valence-corrected chi connectivity index (χ1v) is 13.1. The summed E-state index contributed by atoms with van der Waals surface area (Å²) in [5.74, 6) is 0.214. The lowest BCUT2D eigenvalue weighted by Gasteiger charge is -2.36. The summed E-state index contributed by atoms with van der Waals surface area (Å²) >= 11 is 0. The van der Waals surface area contributed by atoms with Gasteiger partial charge in [0, 0.05) is 43.4 Å². The smallest absolute Gasteiger partial charge is 0.245 e. The Morgan fingerprint density at radius 3 is 2.41 bits per heavy atom. The van der Waals surface area contributed by atoms with Crippen molar-refractivity contribution in [3.8, 4) is 0 Å². The highest BCUT2D eigenvalue weighted by atomic mass is 32.2. The SMILES string of the molecule is Cc1cnc2c(S(=O)(=O)N3CCN(C(C)C(=O)Nc4ccccc4C(C)C)CC3)cccc2c1. The van der Waals surface area contributed by atoms with Gasteiger partial charge in [0.2, 0.25) is 15.9 Å². The Morgan fingerprint density at radius 1 is 1.00 bits per heavy atom. The average Bonchev–Trinajstić information content (AvgIpc) is 2.83. The summed E-state index contributed by atoms with van der Waals surface area (Å²) in [7, 11) is -3.69. The molecule has 1 aromatic heterocycles. The van der Waals surface area contributed by atoms with E-state index >= 15 is 0 Å². The number of sulfonamides is 1. The van der Waals surface area contributed by atoms with Crippen molar-refractivity contribution in [2.45, 2.75) is 44.6 Å². The number of nitrogens with zero attached hydrogens (tertiary/aromatic N) is 3. The number of aryl methyl sites for hydroxylation is 1. The summed E-state index contributed by atoms with van der Waals surface area (Å²) in [6.07, 6.45) is 1.69. The van der Waals surface area contributed by atoms with Gasteiger partial charge in [-0.25, -0.2) is 8.42 Å². The molecule has 3 aromatic rings. The molecule has 1 amide bonds. The lowest BCUT2D eigenvalue weighted by molar-refractivity contribution is -0.121. The van der Waals surface area contributed by atoms with Gasteiger partial charge in [-0.1, -0.05) is 44.2 Å². The van der Waals surface area contributed by atoms with Gasteiger partial charge in [0.15, 0.2) is 0 Å². The molecule has 180 valence electrons. The Morgan fingerprint density at radius 2 is 1.71 bits per heavy atom. The second-order valence-corrected chi connectivity index (χ2v) is 11.1. The van der Waals surface area contributed by atoms with Gasteiger partial charge in [-0.15, -0.1) is 0 Å². The Hall–Kier alpha value is -2.81. The molecular weight excluding hydrogens is 448 g/mol. The molecule has 1 saturated heterocycles. The summed E-state index contributed by atoms with van der Waals surface area (Å²) in [6, 6.07) is 14.7. The number of aromatic nitrogens is 1. The van der Waals surface area contributed by atoms with E-state index in [9.17, 15) is 13.2 Å². The number of rotatable bonds is 6. The highest BCUT2D eigenvalue weighted by molar-refractivity contribution is 7.89. The van der Waals surface area contributed by atoms with Crippen molar-refractivity contribution in [1.82, 2.24) is 14.2 Å². The minimum absolute atomic E-state index is 0.0852. The zero-order valence-corrected chi connectivity index (χ0v) is 21.0. The third-order valence-corrected chi connectivity index (χ3v) is 8.40. The van der Waals surface area contributed by atoms with Crippen LogP contribution in [0.4, 0.5) is 5.69 Å². The summed E-state index contributed by atoms with van der Waals surface area (Å²) in [6.45, 7) is 9.62. The number of piperazine rings is 1. The van der Waals surface area contributed by atoms with Crippen LogP contribution in [-0.2, 0) is 14.8 Å². The number of hydrogen-bond acceptors (Lipinski definition) is 5. The number of nitrogens with one attached hydrogen (secondary N) is 1. The maximum Gasteiger partial charge on any atom is 0.245 e. The number of carbonyl (C=O) groups excluding carboxylic acids is 1. The summed E-state index contributed by atoms with van der Waals surface area (Å²) in [5.41, 5.74) is 3.40. The Labute approximate surface area is 201 Å². The Balaban J connectivity index is 1.44. The number of fused-ring (bicyclic) bond motifs is 1. The molecule has 1 aliphatic rings. The standard InChI is InChI=1S/C26H32N4O3S/c1-18(2)22-9-5-6-10-23(22)28-26(31)20(4)29-12-14-30(15-13-29)34(32,33)24-11-7-8-21-16-19(3)17-27-25(21)24/h5-11,16-18,20H,12-15H2,1-4H3,(H,28,31). The maximum atomic E-state index is 13.4. The van der Waals surface area contributed by atoms with Gasteiger partial charge in [0.05, 0.1) is 11.6 Å². The van der Waals surface area contributed by atoms with Gasteiger partial charge >= 0.3 is 0 Å². The number of amides is 1. The van der Waals surface area contributed by atoms with Crippen molar-refractivity contribution < 1.29 is 13.2 Å². The van der Waals surface area contributed by atoms with Crippen molar-refractivity contribution >= 4 is 32.5 Å². The van der Waals surface area contributed by atoms with Crippen molar-refractivity contribution in [1.29, 1.82) is 0 Å². The van der Waals surface area contributed by atoms with E-state index in [1.54, 1.807) is 18.3 Å². The van der Waals surface area contributed by atoms with E-state index in [1.165, 1.54) is 4.31 Å². The van der Waals surface area contributed by atoms with Crippen molar-refractivity contribution in [2.24, 2.45) is 0 Å². The van der Waals surface area contributed by atoms with Crippen LogP contribution in [0.3, 0.4) is 0 Å². The first-order valence-electron chi connectivity index (χ1n) is 11.7. The molecule has 1 N–H and O–H groups in total. The second-order valence-electron chi connectivity index (χ2n) is 9.19. The molecule has 0 saturated carbocycles. The van der Waals surface area contributed by atoms with E-state index in [2.05, 4.69) is 24.1 Å². The first-order chi connectivity index (χ1) is 16.2. The van der Waals surface area contributed by atoms with Gasteiger partial charge in [-0.2, -0.15) is 4.31 Å². The molecular formula is C26H32N4O3S. The predicted molar refractivity (Wildman–Crippen MR) is 135 cm³/mol. The molecule has 2 aromatic carbocycles. The van der Waals surface area contributed by atoms with Crippen molar-refractivity contribution in [2.75, 3.05) is 31.5 Å². The van der Waals surface area contributed by atoms with Gasteiger partial charge < -0.3 is 5.32 Å². The van der Waals surface area contributed by atoms with Crippen LogP contribution in [-0.4, -0.2) is 60.7 Å². The molecule has 4 rings (SSSR count). The van der Waals surface area contributed by atoms with Crippen molar-refractivity contribution in [3.05, 3.63) is 65.9 Å². The molecule has 1 atom stereocenters. The lowest BCUT2D eigenvalue weighted by Crippen LogP contribution is -2.54. The molecule has 0 spiro atoms. The minimum atomic E-state index is -3.69. The van der Waals surface area contributed by atoms with Crippen LogP contribution in [0.2, 0.25) is 0 Å². The van der Waals surface area contributed by atoms with E-state index in [0.29, 0.717) is 37.6 Å². The quantitative estimate of drug-likeness (QED) is 0.577. The Kier molecular flexibility index (Phi) is 7.02. The molecule has 0 aliphatic carbocycles. The largest absolute Gasteiger partial charge is 0.324 e. The van der Waals surface area contributed by atoms with Crippen LogP contribution in [0.15, 0.2) is 59.6 Å². The molecule has 8 heteroatoms. The summed E-state index contributed by atoms with van der Waals surface area (Å²) in [4.78, 5) is 19.6. The zero-order chi connectivity index (χ0) is 24.5. The first kappa shape index (κ1) is 24.3. The highest BCUT2D eigenvalue weighted by Gasteiger charge is 2.33. The third kappa shape index (κ3) is 4.85. The number of para-hydroxylation sites is 2. The molecule has 1 fully saturated rings. The number of pyridine rings is 1. The topological polar surface area (TPSA) is 82.6 Å². The predicted octanol–water partition coefficient (Wildman–Crippen LogP) is 4.00. The van der Waals surface area contributed by atoms with Gasteiger partial charge in [0.25, 0.3) is 0 Å². The number of benzene rings is 2. The fourth-order valence-electron chi connectivity index (χ4n) is 4.44. The molecule has 1 unspecified atom stereocenters. The van der Waals surface area contributed by atoms with E-state index in [4.69, 9.17) is 0 Å². The number of anilines is 1. The van der Waals surface area contributed by atoms with Gasteiger partial charge in [0.1, 0.15) is 4.90 Å². The van der Waals surface area contributed by atoms with E-state index < -0.39 is 10.0 Å². The molecule has 7 nitrogen and oxygen atoms in total. The maximum absolute atomic E-state index is 13.4. The van der Waals surface area contributed by atoms with Crippen LogP contribution in [0.1, 0.15) is 37.8 Å². The van der Waals surface area contributed by atoms with Gasteiger partial charge in [-0.05, 0) is 49.1 Å². The fourth-order valence-corrected chi connectivity index (χ4v) is 6.03. The molecule has 0 radical (unpaired) electrons. The van der Waals surface area contributed by atoms with E-state index in [1.807, 2.05) is 55.1 Å². The molecule has 0 bridgehead atoms. The Bertz CT molecular complexity index is 1300. The summed E-state index contributed by atoms with van der Waals surface area (Å²) in [5, 5.41) is 3.87. The van der Waals surface area contributed by atoms with Crippen molar-refractivity contribution in [3.63, 3.8) is 0 Å².